The van der Waals surface area contributed by atoms with Gasteiger partial charge in [0.05, 0.1) is 5.92 Å². The second-order valence-corrected chi connectivity index (χ2v) is 2.91. The van der Waals surface area contributed by atoms with Crippen molar-refractivity contribution in [2.75, 3.05) is 0 Å². The Morgan fingerprint density at radius 3 is 2.58 bits per heavy atom. The number of allylic oxidation sites excluding steroid dienone is 1. The standard InChI is InChI=1S/C9H14O3/c1-3-4-8(9(11)12)5-7(2)6-10/h3,6-8H,1,4-5H2,2H3,(H,11,12). The molecule has 0 aliphatic rings. The third-order valence-electron chi connectivity index (χ3n) is 1.69. The van der Waals surface area contributed by atoms with Crippen molar-refractivity contribution in [3.05, 3.63) is 12.7 Å². The van der Waals surface area contributed by atoms with Crippen LogP contribution in [0.5, 0.6) is 0 Å². The molecule has 0 amide bonds. The molecular formula is C9H14O3. The summed E-state index contributed by atoms with van der Waals surface area (Å²) < 4.78 is 0. The van der Waals surface area contributed by atoms with Crippen LogP contribution in [0.25, 0.3) is 0 Å². The quantitative estimate of drug-likeness (QED) is 0.485. The largest absolute Gasteiger partial charge is 0.481 e. The summed E-state index contributed by atoms with van der Waals surface area (Å²) in [6.07, 6.45) is 3.16. The first-order valence-electron chi connectivity index (χ1n) is 3.90. The summed E-state index contributed by atoms with van der Waals surface area (Å²) >= 11 is 0. The Morgan fingerprint density at radius 2 is 2.25 bits per heavy atom. The Morgan fingerprint density at radius 1 is 1.67 bits per heavy atom. The van der Waals surface area contributed by atoms with Gasteiger partial charge in [0.1, 0.15) is 6.29 Å². The Bertz CT molecular complexity index is 175. The summed E-state index contributed by atoms with van der Waals surface area (Å²) in [5.41, 5.74) is 0. The molecule has 0 saturated heterocycles. The lowest BCUT2D eigenvalue weighted by Crippen LogP contribution is -2.16. The summed E-state index contributed by atoms with van der Waals surface area (Å²) in [4.78, 5) is 20.8. The van der Waals surface area contributed by atoms with Crippen LogP contribution in [0.4, 0.5) is 0 Å². The minimum absolute atomic E-state index is 0.189. The van der Waals surface area contributed by atoms with E-state index in [9.17, 15) is 9.59 Å². The fourth-order valence-electron chi connectivity index (χ4n) is 1.00. The molecule has 0 bridgehead atoms. The SMILES string of the molecule is C=CCC(CC(C)C=O)C(=O)O. The van der Waals surface area contributed by atoms with E-state index < -0.39 is 11.9 Å². The van der Waals surface area contributed by atoms with Crippen molar-refractivity contribution in [2.45, 2.75) is 19.8 Å². The molecule has 0 spiro atoms. The molecule has 0 aromatic carbocycles. The van der Waals surface area contributed by atoms with Crippen molar-refractivity contribution in [3.8, 4) is 0 Å². The van der Waals surface area contributed by atoms with Gasteiger partial charge in [-0.1, -0.05) is 13.0 Å². The van der Waals surface area contributed by atoms with E-state index >= 15 is 0 Å². The summed E-state index contributed by atoms with van der Waals surface area (Å²) in [7, 11) is 0. The molecule has 3 nitrogen and oxygen atoms in total. The molecule has 0 fully saturated rings. The highest BCUT2D eigenvalue weighted by atomic mass is 16.4. The molecule has 1 N–H and O–H groups in total. The first kappa shape index (κ1) is 10.9. The number of carbonyl (C=O) groups is 2. The van der Waals surface area contributed by atoms with Crippen molar-refractivity contribution < 1.29 is 14.7 Å². The molecule has 0 radical (unpaired) electrons. The number of hydrogen-bond donors (Lipinski definition) is 1. The van der Waals surface area contributed by atoms with Gasteiger partial charge < -0.3 is 9.90 Å². The maximum atomic E-state index is 10.6. The first-order valence-corrected chi connectivity index (χ1v) is 3.90. The van der Waals surface area contributed by atoms with Gasteiger partial charge in [0.25, 0.3) is 0 Å². The van der Waals surface area contributed by atoms with Crippen molar-refractivity contribution >= 4 is 12.3 Å². The average molecular weight is 170 g/mol. The molecular weight excluding hydrogens is 156 g/mol. The molecule has 0 saturated carbocycles. The van der Waals surface area contributed by atoms with Gasteiger partial charge in [-0.25, -0.2) is 0 Å². The number of aldehydes is 1. The number of carboxylic acid groups (broad SMARTS) is 1. The van der Waals surface area contributed by atoms with Gasteiger partial charge in [-0.05, 0) is 12.8 Å². The van der Waals surface area contributed by atoms with Crippen LogP contribution < -0.4 is 0 Å². The molecule has 12 heavy (non-hydrogen) atoms. The topological polar surface area (TPSA) is 54.4 Å². The van der Waals surface area contributed by atoms with Crippen LogP contribution in [0.2, 0.25) is 0 Å². The Hall–Kier alpha value is -1.12. The van der Waals surface area contributed by atoms with Crippen molar-refractivity contribution in [3.63, 3.8) is 0 Å². The molecule has 0 heterocycles. The number of carboxylic acids is 1. The Labute approximate surface area is 72.1 Å². The van der Waals surface area contributed by atoms with E-state index in [-0.39, 0.29) is 5.92 Å². The fourth-order valence-corrected chi connectivity index (χ4v) is 1.00. The summed E-state index contributed by atoms with van der Waals surface area (Å²) in [5, 5.41) is 8.69. The zero-order valence-corrected chi connectivity index (χ0v) is 7.19. The summed E-state index contributed by atoms with van der Waals surface area (Å²) in [6, 6.07) is 0. The summed E-state index contributed by atoms with van der Waals surface area (Å²) in [6.45, 7) is 5.18. The maximum absolute atomic E-state index is 10.6. The molecule has 0 aromatic rings. The smallest absolute Gasteiger partial charge is 0.306 e. The monoisotopic (exact) mass is 170 g/mol. The third kappa shape index (κ3) is 3.91. The van der Waals surface area contributed by atoms with Gasteiger partial charge in [0.15, 0.2) is 0 Å². The normalized spacial score (nSPS) is 14.8. The molecule has 0 aliphatic heterocycles. The number of aliphatic carboxylic acids is 1. The molecule has 0 aromatic heterocycles. The van der Waals surface area contributed by atoms with Crippen LogP contribution in [0.1, 0.15) is 19.8 Å². The van der Waals surface area contributed by atoms with Gasteiger partial charge in [-0.15, -0.1) is 6.58 Å². The van der Waals surface area contributed by atoms with E-state index in [0.29, 0.717) is 12.8 Å². The Balaban J connectivity index is 4.02. The number of carbonyl (C=O) groups excluding carboxylic acids is 1. The van der Waals surface area contributed by atoms with Crippen LogP contribution in [-0.2, 0) is 9.59 Å². The second-order valence-electron chi connectivity index (χ2n) is 2.91. The third-order valence-corrected chi connectivity index (χ3v) is 1.69. The highest BCUT2D eigenvalue weighted by molar-refractivity contribution is 5.70. The van der Waals surface area contributed by atoms with E-state index in [1.54, 1.807) is 13.0 Å². The van der Waals surface area contributed by atoms with Gasteiger partial charge in [-0.3, -0.25) is 4.79 Å². The lowest BCUT2D eigenvalue weighted by Gasteiger charge is -2.10. The summed E-state index contributed by atoms with van der Waals surface area (Å²) in [5.74, 6) is -1.52. The van der Waals surface area contributed by atoms with Gasteiger partial charge >= 0.3 is 5.97 Å². The van der Waals surface area contributed by atoms with Gasteiger partial charge in [-0.2, -0.15) is 0 Å². The van der Waals surface area contributed by atoms with E-state index in [1.807, 2.05) is 0 Å². The number of rotatable bonds is 6. The van der Waals surface area contributed by atoms with Crippen LogP contribution >= 0.6 is 0 Å². The molecule has 3 heteroatoms. The lowest BCUT2D eigenvalue weighted by atomic mass is 9.94. The maximum Gasteiger partial charge on any atom is 0.306 e. The average Bonchev–Trinajstić information content (AvgIpc) is 2.03. The zero-order valence-electron chi connectivity index (χ0n) is 7.19. The van der Waals surface area contributed by atoms with Crippen LogP contribution in [0.3, 0.4) is 0 Å². The predicted octanol–water partition coefficient (Wildman–Crippen LogP) is 1.49. The second kappa shape index (κ2) is 5.52. The van der Waals surface area contributed by atoms with Crippen LogP contribution in [0.15, 0.2) is 12.7 Å². The molecule has 68 valence electrons. The molecule has 0 aliphatic carbocycles. The number of hydrogen-bond acceptors (Lipinski definition) is 2. The minimum atomic E-state index is -0.858. The molecule has 0 rings (SSSR count). The van der Waals surface area contributed by atoms with Crippen molar-refractivity contribution in [1.82, 2.24) is 0 Å². The van der Waals surface area contributed by atoms with E-state index in [1.165, 1.54) is 0 Å². The van der Waals surface area contributed by atoms with E-state index in [2.05, 4.69) is 6.58 Å². The predicted molar refractivity (Wildman–Crippen MR) is 45.8 cm³/mol. The highest BCUT2D eigenvalue weighted by Gasteiger charge is 2.18. The molecule has 2 atom stereocenters. The van der Waals surface area contributed by atoms with Gasteiger partial charge in [0, 0.05) is 5.92 Å². The van der Waals surface area contributed by atoms with Gasteiger partial charge in [0.2, 0.25) is 0 Å². The molecule has 2 unspecified atom stereocenters. The minimum Gasteiger partial charge on any atom is -0.481 e. The lowest BCUT2D eigenvalue weighted by molar-refractivity contribution is -0.142. The van der Waals surface area contributed by atoms with E-state index in [0.717, 1.165) is 6.29 Å². The fraction of sp³-hybridized carbons (Fsp3) is 0.556. The highest BCUT2D eigenvalue weighted by Crippen LogP contribution is 2.14. The zero-order chi connectivity index (χ0) is 9.56. The van der Waals surface area contributed by atoms with Crippen LogP contribution in [0, 0.1) is 11.8 Å². The van der Waals surface area contributed by atoms with E-state index in [4.69, 9.17) is 5.11 Å². The Kier molecular flexibility index (Phi) is 5.00. The van der Waals surface area contributed by atoms with Crippen LogP contribution in [-0.4, -0.2) is 17.4 Å². The van der Waals surface area contributed by atoms with Crippen molar-refractivity contribution in [2.24, 2.45) is 11.8 Å². The first-order chi connectivity index (χ1) is 5.61. The van der Waals surface area contributed by atoms with Crippen molar-refractivity contribution in [1.29, 1.82) is 0 Å².